The number of nitrogens with zero attached hydrogens (tertiary/aromatic N) is 4. The molecule has 0 radical (unpaired) electrons. The number of benzene rings is 2. The first-order valence-electron chi connectivity index (χ1n) is 12.8. The third-order valence-corrected chi connectivity index (χ3v) is 7.79. The van der Waals surface area contributed by atoms with Crippen molar-refractivity contribution < 1.29 is 14.7 Å². The maximum atomic E-state index is 12.2. The summed E-state index contributed by atoms with van der Waals surface area (Å²) in [6, 6.07) is 14.5. The highest BCUT2D eigenvalue weighted by molar-refractivity contribution is 6.08. The third-order valence-electron chi connectivity index (χ3n) is 7.79. The number of hydrogen-bond acceptors (Lipinski definition) is 4. The van der Waals surface area contributed by atoms with E-state index in [4.69, 9.17) is 4.98 Å². The van der Waals surface area contributed by atoms with Gasteiger partial charge in [0, 0.05) is 37.1 Å². The van der Waals surface area contributed by atoms with Crippen LogP contribution in [0.1, 0.15) is 35.2 Å². The molecule has 1 saturated heterocycles. The molecule has 0 saturated carbocycles. The number of carbonyl (C=O) groups excluding carboxylic acids is 1. The molecule has 188 valence electrons. The van der Waals surface area contributed by atoms with Crippen LogP contribution in [0.25, 0.3) is 22.0 Å². The SMILES string of the molecule is Cc1ccc(-c2c(CC(=O)O)c(C)c3c4c2cc(C)n4CCN3c2ccc(N3CCCC3=O)cn2)cc1. The Morgan fingerprint density at radius 2 is 1.78 bits per heavy atom. The molecule has 0 bridgehead atoms. The van der Waals surface area contributed by atoms with E-state index in [9.17, 15) is 14.7 Å². The lowest BCUT2D eigenvalue weighted by Gasteiger charge is -2.34. The highest BCUT2D eigenvalue weighted by Crippen LogP contribution is 2.46. The van der Waals surface area contributed by atoms with Gasteiger partial charge in [-0.2, -0.15) is 0 Å². The molecule has 4 aromatic rings. The van der Waals surface area contributed by atoms with Crippen molar-refractivity contribution in [1.29, 1.82) is 0 Å². The van der Waals surface area contributed by atoms with Crippen LogP contribution in [0, 0.1) is 20.8 Å². The van der Waals surface area contributed by atoms with Gasteiger partial charge in [0.15, 0.2) is 0 Å². The summed E-state index contributed by atoms with van der Waals surface area (Å²) in [5.41, 5.74) is 9.11. The number of aryl methyl sites for hydroxylation is 2. The zero-order chi connectivity index (χ0) is 25.8. The number of carbonyl (C=O) groups is 2. The van der Waals surface area contributed by atoms with Crippen LogP contribution in [0.15, 0.2) is 48.7 Å². The molecule has 1 N–H and O–H groups in total. The number of amides is 1. The van der Waals surface area contributed by atoms with Gasteiger partial charge in [-0.1, -0.05) is 29.8 Å². The van der Waals surface area contributed by atoms with E-state index >= 15 is 0 Å². The first kappa shape index (κ1) is 23.3. The van der Waals surface area contributed by atoms with Crippen LogP contribution >= 0.6 is 0 Å². The Morgan fingerprint density at radius 3 is 2.43 bits per heavy atom. The number of rotatable bonds is 5. The normalized spacial score (nSPS) is 15.2. The summed E-state index contributed by atoms with van der Waals surface area (Å²) < 4.78 is 2.34. The van der Waals surface area contributed by atoms with E-state index in [-0.39, 0.29) is 12.3 Å². The quantitative estimate of drug-likeness (QED) is 0.394. The van der Waals surface area contributed by atoms with E-state index < -0.39 is 5.97 Å². The molecule has 37 heavy (non-hydrogen) atoms. The predicted octanol–water partition coefficient (Wildman–Crippen LogP) is 5.53. The summed E-state index contributed by atoms with van der Waals surface area (Å²) in [5.74, 6) is 0.0944. The lowest BCUT2D eigenvalue weighted by molar-refractivity contribution is -0.136. The first-order valence-corrected chi connectivity index (χ1v) is 12.8. The summed E-state index contributed by atoms with van der Waals surface area (Å²) in [4.78, 5) is 33.0. The van der Waals surface area contributed by atoms with Crippen LogP contribution in [0.3, 0.4) is 0 Å². The molecule has 0 aliphatic carbocycles. The molecule has 2 aliphatic heterocycles. The second-order valence-corrected chi connectivity index (χ2v) is 10.1. The van der Waals surface area contributed by atoms with Crippen molar-refractivity contribution >= 4 is 40.0 Å². The maximum Gasteiger partial charge on any atom is 0.307 e. The Kier molecular flexibility index (Phi) is 5.51. The van der Waals surface area contributed by atoms with Crippen LogP contribution in [-0.2, 0) is 22.6 Å². The van der Waals surface area contributed by atoms with Crippen LogP contribution < -0.4 is 9.80 Å². The van der Waals surface area contributed by atoms with Gasteiger partial charge in [-0.05, 0) is 67.6 Å². The summed E-state index contributed by atoms with van der Waals surface area (Å²) in [6.45, 7) is 8.47. The van der Waals surface area contributed by atoms with E-state index in [0.717, 1.165) is 82.1 Å². The summed E-state index contributed by atoms with van der Waals surface area (Å²) in [7, 11) is 0. The van der Waals surface area contributed by atoms with Gasteiger partial charge in [-0.15, -0.1) is 0 Å². The average molecular weight is 495 g/mol. The van der Waals surface area contributed by atoms with Gasteiger partial charge in [0.1, 0.15) is 5.82 Å². The molecule has 1 fully saturated rings. The minimum Gasteiger partial charge on any atom is -0.481 e. The molecular formula is C30H30N4O3. The summed E-state index contributed by atoms with van der Waals surface area (Å²) in [5, 5.41) is 11.0. The van der Waals surface area contributed by atoms with Gasteiger partial charge in [0.25, 0.3) is 0 Å². The molecule has 7 heteroatoms. The van der Waals surface area contributed by atoms with E-state index in [1.807, 2.05) is 19.1 Å². The van der Waals surface area contributed by atoms with Crippen LogP contribution in [-0.4, -0.2) is 39.6 Å². The largest absolute Gasteiger partial charge is 0.481 e. The number of aromatic nitrogens is 2. The number of anilines is 3. The molecule has 4 heterocycles. The lowest BCUT2D eigenvalue weighted by atomic mass is 9.88. The van der Waals surface area contributed by atoms with Gasteiger partial charge in [-0.25, -0.2) is 4.98 Å². The van der Waals surface area contributed by atoms with Crippen molar-refractivity contribution in [3.05, 3.63) is 71.0 Å². The standard InChI is InChI=1S/C30H30N4O3/c1-18-6-8-21(9-7-18)28-23(16-27(36)37)20(3)29-30-24(28)15-19(2)32(30)13-14-34(29)25-11-10-22(17-31-25)33-12-4-5-26(33)35/h6-11,15,17H,4-5,12-14,16H2,1-3H3,(H,36,37). The van der Waals surface area contributed by atoms with Gasteiger partial charge < -0.3 is 19.5 Å². The number of hydrogen-bond donors (Lipinski definition) is 1. The number of pyridine rings is 1. The van der Waals surface area contributed by atoms with Crippen LogP contribution in [0.4, 0.5) is 17.2 Å². The maximum absolute atomic E-state index is 12.2. The molecule has 0 unspecified atom stereocenters. The molecular weight excluding hydrogens is 464 g/mol. The monoisotopic (exact) mass is 494 g/mol. The van der Waals surface area contributed by atoms with Crippen LogP contribution in [0.2, 0.25) is 0 Å². The number of carboxylic acids is 1. The Labute approximate surface area is 216 Å². The second-order valence-electron chi connectivity index (χ2n) is 10.1. The number of carboxylic acid groups (broad SMARTS) is 1. The molecule has 2 aromatic carbocycles. The Bertz CT molecular complexity index is 1550. The fourth-order valence-electron chi connectivity index (χ4n) is 5.99. The van der Waals surface area contributed by atoms with Crippen molar-refractivity contribution in [2.24, 2.45) is 0 Å². The Morgan fingerprint density at radius 1 is 1.00 bits per heavy atom. The minimum atomic E-state index is -0.848. The third kappa shape index (κ3) is 3.77. The molecule has 2 aromatic heterocycles. The minimum absolute atomic E-state index is 0.0561. The fraction of sp³-hybridized carbons (Fsp3) is 0.300. The molecule has 2 aliphatic rings. The van der Waals surface area contributed by atoms with Gasteiger partial charge in [-0.3, -0.25) is 9.59 Å². The van der Waals surface area contributed by atoms with Crippen molar-refractivity contribution in [3.63, 3.8) is 0 Å². The van der Waals surface area contributed by atoms with E-state index in [1.165, 1.54) is 5.56 Å². The molecule has 6 rings (SSSR count). The zero-order valence-corrected chi connectivity index (χ0v) is 21.4. The molecule has 0 atom stereocenters. The molecule has 7 nitrogen and oxygen atoms in total. The number of aliphatic carboxylic acids is 1. The van der Waals surface area contributed by atoms with Crippen molar-refractivity contribution in [2.75, 3.05) is 22.9 Å². The lowest BCUT2D eigenvalue weighted by Crippen LogP contribution is -2.30. The highest BCUT2D eigenvalue weighted by atomic mass is 16.4. The van der Waals surface area contributed by atoms with Crippen LogP contribution in [0.5, 0.6) is 0 Å². The Hall–Kier alpha value is -4.13. The van der Waals surface area contributed by atoms with Crippen molar-refractivity contribution in [1.82, 2.24) is 9.55 Å². The van der Waals surface area contributed by atoms with E-state index in [2.05, 4.69) is 53.6 Å². The van der Waals surface area contributed by atoms with Crippen molar-refractivity contribution in [2.45, 2.75) is 46.6 Å². The fourth-order valence-corrected chi connectivity index (χ4v) is 5.99. The summed E-state index contributed by atoms with van der Waals surface area (Å²) in [6.07, 6.45) is 3.18. The first-order chi connectivity index (χ1) is 17.8. The van der Waals surface area contributed by atoms with Gasteiger partial charge >= 0.3 is 5.97 Å². The summed E-state index contributed by atoms with van der Waals surface area (Å²) >= 11 is 0. The van der Waals surface area contributed by atoms with E-state index in [1.54, 1.807) is 11.1 Å². The van der Waals surface area contributed by atoms with Crippen molar-refractivity contribution in [3.8, 4) is 11.1 Å². The van der Waals surface area contributed by atoms with Gasteiger partial charge in [0.2, 0.25) is 5.91 Å². The molecule has 1 amide bonds. The topological polar surface area (TPSA) is 78.7 Å². The smallest absolute Gasteiger partial charge is 0.307 e. The predicted molar refractivity (Wildman–Crippen MR) is 146 cm³/mol. The Balaban J connectivity index is 1.55. The average Bonchev–Trinajstić information content (AvgIpc) is 3.46. The zero-order valence-electron chi connectivity index (χ0n) is 21.4. The van der Waals surface area contributed by atoms with Gasteiger partial charge in [0.05, 0.1) is 29.5 Å². The molecule has 0 spiro atoms. The second kappa shape index (κ2) is 8.76. The van der Waals surface area contributed by atoms with E-state index in [0.29, 0.717) is 6.42 Å². The highest BCUT2D eigenvalue weighted by Gasteiger charge is 2.30.